The predicted octanol–water partition coefficient (Wildman–Crippen LogP) is 15.3. The van der Waals surface area contributed by atoms with Crippen LogP contribution in [0, 0.1) is 0 Å². The Morgan fingerprint density at radius 1 is 0.152 bits per heavy atom. The summed E-state index contributed by atoms with van der Waals surface area (Å²) in [6, 6.07) is 85.9. The van der Waals surface area contributed by atoms with Gasteiger partial charge in [-0.25, -0.2) is 24.9 Å². The fourth-order valence-electron chi connectivity index (χ4n) is 8.29. The van der Waals surface area contributed by atoms with Gasteiger partial charge in [-0.15, -0.1) is 0 Å². The molecule has 0 amide bonds. The number of benzene rings is 9. The second-order valence-corrected chi connectivity index (χ2v) is 16.1. The van der Waals surface area contributed by atoms with Crippen molar-refractivity contribution in [3.8, 4) is 113 Å². The van der Waals surface area contributed by atoms with Crippen LogP contribution < -0.4 is 0 Å². The van der Waals surface area contributed by atoms with Crippen LogP contribution in [0.1, 0.15) is 0 Å². The first-order valence-electron chi connectivity index (χ1n) is 22.1. The summed E-state index contributed by atoms with van der Waals surface area (Å²) in [5.41, 5.74) is 16.3. The minimum atomic E-state index is 0.595. The van der Waals surface area contributed by atoms with Gasteiger partial charge in [-0.1, -0.05) is 224 Å². The quantitative estimate of drug-likeness (QED) is 0.137. The normalized spacial score (nSPS) is 11.0. The van der Waals surface area contributed by atoms with E-state index in [0.29, 0.717) is 23.3 Å². The van der Waals surface area contributed by atoms with E-state index in [4.69, 9.17) is 24.9 Å². The maximum Gasteiger partial charge on any atom is 0.164 e. The van der Waals surface area contributed by atoms with Gasteiger partial charge in [-0.3, -0.25) is 0 Å². The lowest BCUT2D eigenvalue weighted by Crippen LogP contribution is -2.00. The van der Waals surface area contributed by atoms with Gasteiger partial charge >= 0.3 is 0 Å². The van der Waals surface area contributed by atoms with Crippen LogP contribution in [0.4, 0.5) is 0 Å². The van der Waals surface area contributed by atoms with Crippen LogP contribution >= 0.6 is 0 Å². The molecule has 2 heterocycles. The number of nitrogens with zero attached hydrogens (tertiary/aromatic N) is 5. The molecule has 0 bridgehead atoms. The van der Waals surface area contributed by atoms with E-state index < -0.39 is 0 Å². The minimum absolute atomic E-state index is 0.595. The van der Waals surface area contributed by atoms with E-state index in [2.05, 4.69) is 212 Å². The zero-order valence-corrected chi connectivity index (χ0v) is 35.9. The van der Waals surface area contributed by atoms with Crippen molar-refractivity contribution in [1.29, 1.82) is 0 Å². The summed E-state index contributed by atoms with van der Waals surface area (Å²) in [6.07, 6.45) is 0. The Labute approximate surface area is 384 Å². The Bertz CT molecular complexity index is 3330. The van der Waals surface area contributed by atoms with Crippen LogP contribution in [-0.4, -0.2) is 24.9 Å². The molecule has 0 saturated carbocycles. The molecule has 0 aliphatic carbocycles. The highest BCUT2D eigenvalue weighted by Gasteiger charge is 2.16. The first-order valence-corrected chi connectivity index (χ1v) is 22.1. The van der Waals surface area contributed by atoms with E-state index >= 15 is 0 Å². The molecule has 0 spiro atoms. The monoisotopic (exact) mass is 843 g/mol. The zero-order valence-electron chi connectivity index (χ0n) is 35.9. The van der Waals surface area contributed by atoms with Crippen LogP contribution in [0.3, 0.4) is 0 Å². The maximum absolute atomic E-state index is 5.16. The van der Waals surface area contributed by atoms with Crippen LogP contribution in [0.5, 0.6) is 0 Å². The lowest BCUT2D eigenvalue weighted by Gasteiger charge is -2.12. The molecule has 11 aromatic rings. The molecule has 310 valence electrons. The average Bonchev–Trinajstić information content (AvgIpc) is 3.42. The topological polar surface area (TPSA) is 64.5 Å². The third-order valence-corrected chi connectivity index (χ3v) is 11.8. The van der Waals surface area contributed by atoms with Crippen molar-refractivity contribution in [1.82, 2.24) is 24.9 Å². The number of hydrogen-bond donors (Lipinski definition) is 0. The molecule has 0 aliphatic heterocycles. The fraction of sp³-hybridized carbons (Fsp3) is 0. The van der Waals surface area contributed by atoms with Crippen molar-refractivity contribution < 1.29 is 0 Å². The Hall–Kier alpha value is -8.93. The van der Waals surface area contributed by atoms with Crippen LogP contribution in [0.2, 0.25) is 0 Å². The minimum Gasteiger partial charge on any atom is -0.228 e. The molecule has 5 nitrogen and oxygen atoms in total. The SMILES string of the molecule is c1ccc(-c2ccc(-c3nc(-c4ccc(-c5ccccc5)cc4)nc(-c4cccc(-c5cccc(-c6cc(-c7cccc(-c8ccccc8)c7)nc(-c7ccccc7)n6)c5)c4)n3)cc2)cc1. The van der Waals surface area contributed by atoms with Gasteiger partial charge in [-0.2, -0.15) is 0 Å². The molecule has 9 aromatic carbocycles. The number of aromatic nitrogens is 5. The van der Waals surface area contributed by atoms with Crippen molar-refractivity contribution in [3.63, 3.8) is 0 Å². The van der Waals surface area contributed by atoms with Crippen LogP contribution in [0.15, 0.2) is 249 Å². The molecule has 11 rings (SSSR count). The van der Waals surface area contributed by atoms with Crippen molar-refractivity contribution in [2.45, 2.75) is 0 Å². The highest BCUT2D eigenvalue weighted by Crippen LogP contribution is 2.34. The smallest absolute Gasteiger partial charge is 0.164 e. The third-order valence-electron chi connectivity index (χ3n) is 11.8. The van der Waals surface area contributed by atoms with Gasteiger partial charge in [-0.05, 0) is 68.8 Å². The summed E-state index contributed by atoms with van der Waals surface area (Å²) >= 11 is 0. The summed E-state index contributed by atoms with van der Waals surface area (Å²) < 4.78 is 0. The molecule has 0 fully saturated rings. The van der Waals surface area contributed by atoms with E-state index in [1.54, 1.807) is 0 Å². The summed E-state index contributed by atoms with van der Waals surface area (Å²) in [4.78, 5) is 25.6. The van der Waals surface area contributed by atoms with Crippen LogP contribution in [0.25, 0.3) is 113 Å². The van der Waals surface area contributed by atoms with E-state index in [9.17, 15) is 0 Å². The Balaban J connectivity index is 0.973. The van der Waals surface area contributed by atoms with Gasteiger partial charge in [0.2, 0.25) is 0 Å². The molecule has 0 N–H and O–H groups in total. The van der Waals surface area contributed by atoms with E-state index in [1.807, 2.05) is 36.4 Å². The first kappa shape index (κ1) is 39.9. The average molecular weight is 844 g/mol. The molecular formula is C61H41N5. The molecule has 2 aromatic heterocycles. The van der Waals surface area contributed by atoms with E-state index in [-0.39, 0.29) is 0 Å². The molecule has 0 aliphatic rings. The lowest BCUT2D eigenvalue weighted by molar-refractivity contribution is 1.07. The van der Waals surface area contributed by atoms with Gasteiger partial charge in [0.25, 0.3) is 0 Å². The van der Waals surface area contributed by atoms with E-state index in [0.717, 1.165) is 89.3 Å². The van der Waals surface area contributed by atoms with Crippen molar-refractivity contribution >= 4 is 0 Å². The second-order valence-electron chi connectivity index (χ2n) is 16.1. The molecule has 0 radical (unpaired) electrons. The standard InChI is InChI=1S/C61H41N5/c1-5-16-42(17-6-1)45-30-34-48(35-31-45)59-64-60(49-36-32-46(33-37-49)43-18-7-2-8-19-43)66-61(65-59)55-29-15-26-52(40-55)51-25-14-28-54(39-51)57-41-56(62-58(63-57)47-22-11-4-12-23-47)53-27-13-24-50(38-53)44-20-9-3-10-21-44/h1-41H. The fourth-order valence-corrected chi connectivity index (χ4v) is 8.29. The molecule has 0 atom stereocenters. The van der Waals surface area contributed by atoms with Crippen LogP contribution in [-0.2, 0) is 0 Å². The van der Waals surface area contributed by atoms with Gasteiger partial charge in [0.15, 0.2) is 23.3 Å². The van der Waals surface area contributed by atoms with Gasteiger partial charge < -0.3 is 0 Å². The molecule has 0 unspecified atom stereocenters. The zero-order chi connectivity index (χ0) is 44.1. The molecular weight excluding hydrogens is 803 g/mol. The van der Waals surface area contributed by atoms with Gasteiger partial charge in [0, 0.05) is 33.4 Å². The van der Waals surface area contributed by atoms with Crippen molar-refractivity contribution in [3.05, 3.63) is 249 Å². The molecule has 0 saturated heterocycles. The Morgan fingerprint density at radius 3 is 0.818 bits per heavy atom. The summed E-state index contributed by atoms with van der Waals surface area (Å²) in [5, 5.41) is 0. The molecule has 5 heteroatoms. The molecule has 66 heavy (non-hydrogen) atoms. The second kappa shape index (κ2) is 18.0. The first-order chi connectivity index (χ1) is 32.7. The largest absolute Gasteiger partial charge is 0.228 e. The van der Waals surface area contributed by atoms with E-state index in [1.165, 1.54) is 0 Å². The Morgan fingerprint density at radius 2 is 0.394 bits per heavy atom. The maximum atomic E-state index is 5.16. The number of rotatable bonds is 10. The van der Waals surface area contributed by atoms with Crippen molar-refractivity contribution in [2.75, 3.05) is 0 Å². The highest BCUT2D eigenvalue weighted by atomic mass is 15.0. The van der Waals surface area contributed by atoms with Gasteiger partial charge in [0.05, 0.1) is 11.4 Å². The van der Waals surface area contributed by atoms with Gasteiger partial charge in [0.1, 0.15) is 0 Å². The van der Waals surface area contributed by atoms with Crippen molar-refractivity contribution in [2.24, 2.45) is 0 Å². The predicted molar refractivity (Wildman–Crippen MR) is 270 cm³/mol. The Kier molecular flexibility index (Phi) is 10.9. The number of hydrogen-bond acceptors (Lipinski definition) is 5. The highest BCUT2D eigenvalue weighted by molar-refractivity contribution is 5.80. The summed E-state index contributed by atoms with van der Waals surface area (Å²) in [5.74, 6) is 2.49. The summed E-state index contributed by atoms with van der Waals surface area (Å²) in [7, 11) is 0. The third kappa shape index (κ3) is 8.57. The summed E-state index contributed by atoms with van der Waals surface area (Å²) in [6.45, 7) is 0. The lowest BCUT2D eigenvalue weighted by atomic mass is 9.98.